The first-order valence-electron chi connectivity index (χ1n) is 6.73. The number of aliphatic hydroxyl groups excluding tert-OH is 2. The predicted molar refractivity (Wildman–Crippen MR) is 74.4 cm³/mol. The van der Waals surface area contributed by atoms with Crippen LogP contribution in [-0.2, 0) is 0 Å². The second-order valence-corrected chi connectivity index (χ2v) is 5.16. The zero-order chi connectivity index (χ0) is 13.4. The van der Waals surface area contributed by atoms with Crippen molar-refractivity contribution >= 4 is 0 Å². The largest absolute Gasteiger partial charge is 0.389 e. The maximum Gasteiger partial charge on any atom is 0.106 e. The molecule has 0 bridgehead atoms. The highest BCUT2D eigenvalue weighted by atomic mass is 16.3. The molecule has 0 fully saturated rings. The van der Waals surface area contributed by atoms with Crippen molar-refractivity contribution in [2.24, 2.45) is 5.92 Å². The summed E-state index contributed by atoms with van der Waals surface area (Å²) in [6.45, 7) is 5.72. The van der Waals surface area contributed by atoms with Crippen LogP contribution in [0.1, 0.15) is 38.4 Å². The molecule has 0 aromatic heterocycles. The second kappa shape index (κ2) is 8.25. The van der Waals surface area contributed by atoms with Gasteiger partial charge < -0.3 is 15.5 Å². The molecule has 0 saturated carbocycles. The van der Waals surface area contributed by atoms with Crippen molar-refractivity contribution in [2.75, 3.05) is 13.1 Å². The van der Waals surface area contributed by atoms with E-state index in [9.17, 15) is 10.2 Å². The minimum Gasteiger partial charge on any atom is -0.389 e. The highest BCUT2D eigenvalue weighted by Gasteiger charge is 2.17. The fourth-order valence-corrected chi connectivity index (χ4v) is 1.87. The molecule has 2 atom stereocenters. The first-order valence-corrected chi connectivity index (χ1v) is 6.73. The Morgan fingerprint density at radius 2 is 1.78 bits per heavy atom. The van der Waals surface area contributed by atoms with Crippen LogP contribution >= 0.6 is 0 Å². The van der Waals surface area contributed by atoms with Gasteiger partial charge in [-0.05, 0) is 30.9 Å². The van der Waals surface area contributed by atoms with Gasteiger partial charge in [-0.2, -0.15) is 0 Å². The quantitative estimate of drug-likeness (QED) is 0.620. The van der Waals surface area contributed by atoms with E-state index in [1.165, 1.54) is 6.42 Å². The zero-order valence-corrected chi connectivity index (χ0v) is 11.3. The number of rotatable bonds is 8. The van der Waals surface area contributed by atoms with Crippen molar-refractivity contribution in [3.63, 3.8) is 0 Å². The molecule has 0 aliphatic heterocycles. The monoisotopic (exact) mass is 251 g/mol. The number of hydrogen-bond acceptors (Lipinski definition) is 3. The van der Waals surface area contributed by atoms with E-state index >= 15 is 0 Å². The molecule has 102 valence electrons. The maximum atomic E-state index is 9.94. The summed E-state index contributed by atoms with van der Waals surface area (Å²) >= 11 is 0. The molecule has 3 N–H and O–H groups in total. The zero-order valence-electron chi connectivity index (χ0n) is 11.3. The van der Waals surface area contributed by atoms with E-state index < -0.39 is 12.2 Å². The lowest BCUT2D eigenvalue weighted by Gasteiger charge is -2.18. The molecule has 0 unspecified atom stereocenters. The van der Waals surface area contributed by atoms with Gasteiger partial charge in [0, 0.05) is 6.54 Å². The van der Waals surface area contributed by atoms with E-state index in [0.29, 0.717) is 12.5 Å². The van der Waals surface area contributed by atoms with Crippen molar-refractivity contribution in [1.82, 2.24) is 5.32 Å². The Kier molecular flexibility index (Phi) is 6.94. The molecule has 0 amide bonds. The van der Waals surface area contributed by atoms with Crippen molar-refractivity contribution < 1.29 is 10.2 Å². The summed E-state index contributed by atoms with van der Waals surface area (Å²) in [5, 5.41) is 23.0. The highest BCUT2D eigenvalue weighted by Crippen LogP contribution is 2.15. The third-order valence-corrected chi connectivity index (χ3v) is 2.99. The molecule has 3 nitrogen and oxygen atoms in total. The predicted octanol–water partition coefficient (Wildman–Crippen LogP) is 2.11. The van der Waals surface area contributed by atoms with Crippen LogP contribution in [0.25, 0.3) is 0 Å². The Balaban J connectivity index is 2.22. The fraction of sp³-hybridized carbons (Fsp3) is 0.600. The normalized spacial score (nSPS) is 14.7. The Hall–Kier alpha value is -0.900. The van der Waals surface area contributed by atoms with Gasteiger partial charge in [0.15, 0.2) is 0 Å². The van der Waals surface area contributed by atoms with Crippen LogP contribution in [0, 0.1) is 5.92 Å². The number of hydrogen-bond donors (Lipinski definition) is 3. The molecule has 0 heterocycles. The van der Waals surface area contributed by atoms with E-state index in [4.69, 9.17) is 0 Å². The molecule has 1 aromatic rings. The van der Waals surface area contributed by atoms with E-state index in [1.807, 2.05) is 30.3 Å². The van der Waals surface area contributed by atoms with Crippen molar-refractivity contribution in [3.8, 4) is 0 Å². The van der Waals surface area contributed by atoms with Crippen LogP contribution in [0.15, 0.2) is 30.3 Å². The lowest BCUT2D eigenvalue weighted by Crippen LogP contribution is -2.32. The SMILES string of the molecule is CC(C)CCCNC[C@@H](O)[C@H](O)c1ccccc1. The highest BCUT2D eigenvalue weighted by molar-refractivity contribution is 5.18. The van der Waals surface area contributed by atoms with Gasteiger partial charge in [-0.15, -0.1) is 0 Å². The van der Waals surface area contributed by atoms with Gasteiger partial charge >= 0.3 is 0 Å². The lowest BCUT2D eigenvalue weighted by molar-refractivity contribution is 0.0192. The minimum atomic E-state index is -0.816. The average molecular weight is 251 g/mol. The molecule has 0 aliphatic carbocycles. The lowest BCUT2D eigenvalue weighted by atomic mass is 10.0. The Morgan fingerprint density at radius 1 is 1.11 bits per heavy atom. The third kappa shape index (κ3) is 5.63. The summed E-state index contributed by atoms with van der Waals surface area (Å²) in [7, 11) is 0. The Bertz CT molecular complexity index is 314. The van der Waals surface area contributed by atoms with E-state index in [-0.39, 0.29) is 0 Å². The Labute approximate surface area is 110 Å². The van der Waals surface area contributed by atoms with Gasteiger partial charge in [-0.25, -0.2) is 0 Å². The Morgan fingerprint density at radius 3 is 2.39 bits per heavy atom. The van der Waals surface area contributed by atoms with Gasteiger partial charge in [0.1, 0.15) is 6.10 Å². The van der Waals surface area contributed by atoms with Crippen molar-refractivity contribution in [3.05, 3.63) is 35.9 Å². The average Bonchev–Trinajstić information content (AvgIpc) is 2.38. The van der Waals surface area contributed by atoms with Gasteiger partial charge in [0.2, 0.25) is 0 Å². The van der Waals surface area contributed by atoms with E-state index in [1.54, 1.807) is 0 Å². The smallest absolute Gasteiger partial charge is 0.106 e. The molecule has 0 radical (unpaired) electrons. The minimum absolute atomic E-state index is 0.425. The summed E-state index contributed by atoms with van der Waals surface area (Å²) < 4.78 is 0. The summed E-state index contributed by atoms with van der Waals surface area (Å²) in [4.78, 5) is 0. The third-order valence-electron chi connectivity index (χ3n) is 2.99. The molecule has 0 saturated heterocycles. The molecule has 1 rings (SSSR count). The van der Waals surface area contributed by atoms with Crippen LogP contribution in [0.3, 0.4) is 0 Å². The van der Waals surface area contributed by atoms with Gasteiger partial charge in [-0.1, -0.05) is 44.2 Å². The van der Waals surface area contributed by atoms with Crippen LogP contribution in [0.2, 0.25) is 0 Å². The molecule has 3 heteroatoms. The molecular formula is C15H25NO2. The fourth-order valence-electron chi connectivity index (χ4n) is 1.87. The molecule has 1 aromatic carbocycles. The van der Waals surface area contributed by atoms with E-state index in [0.717, 1.165) is 18.5 Å². The number of aliphatic hydroxyl groups is 2. The van der Waals surface area contributed by atoms with Crippen LogP contribution in [0.5, 0.6) is 0 Å². The van der Waals surface area contributed by atoms with Crippen LogP contribution in [0.4, 0.5) is 0 Å². The molecule has 0 aliphatic rings. The summed E-state index contributed by atoms with van der Waals surface area (Å²) in [6.07, 6.45) is 0.714. The van der Waals surface area contributed by atoms with Gasteiger partial charge in [-0.3, -0.25) is 0 Å². The molecular weight excluding hydrogens is 226 g/mol. The van der Waals surface area contributed by atoms with Crippen molar-refractivity contribution in [2.45, 2.75) is 38.9 Å². The standard InChI is InChI=1S/C15H25NO2/c1-12(2)7-6-10-16-11-14(17)15(18)13-8-4-3-5-9-13/h3-5,8-9,12,14-18H,6-7,10-11H2,1-2H3/t14-,15-/m1/s1. The van der Waals surface area contributed by atoms with Crippen LogP contribution < -0.4 is 5.32 Å². The first kappa shape index (κ1) is 15.2. The van der Waals surface area contributed by atoms with E-state index in [2.05, 4.69) is 19.2 Å². The first-order chi connectivity index (χ1) is 8.61. The summed E-state index contributed by atoms with van der Waals surface area (Å²) in [5.41, 5.74) is 0.758. The number of nitrogens with one attached hydrogen (secondary N) is 1. The van der Waals surface area contributed by atoms with Crippen molar-refractivity contribution in [1.29, 1.82) is 0 Å². The summed E-state index contributed by atoms with van der Waals surface area (Å²) in [6, 6.07) is 9.27. The summed E-state index contributed by atoms with van der Waals surface area (Å²) in [5.74, 6) is 0.714. The topological polar surface area (TPSA) is 52.5 Å². The van der Waals surface area contributed by atoms with Gasteiger partial charge in [0.05, 0.1) is 6.10 Å². The second-order valence-electron chi connectivity index (χ2n) is 5.16. The molecule has 0 spiro atoms. The molecule has 18 heavy (non-hydrogen) atoms. The maximum absolute atomic E-state index is 9.94. The number of benzene rings is 1. The van der Waals surface area contributed by atoms with Crippen LogP contribution in [-0.4, -0.2) is 29.4 Å². The van der Waals surface area contributed by atoms with Gasteiger partial charge in [0.25, 0.3) is 0 Å².